The van der Waals surface area contributed by atoms with Crippen molar-refractivity contribution in [3.8, 4) is 0 Å². The average Bonchev–Trinajstić information content (AvgIpc) is 1.65. The van der Waals surface area contributed by atoms with Gasteiger partial charge in [0.2, 0.25) is 0 Å². The molecule has 0 radical (unpaired) electrons. The Labute approximate surface area is 70.0 Å². The minimum absolute atomic E-state index is 0. The Balaban J connectivity index is 0. The van der Waals surface area contributed by atoms with E-state index in [1.54, 1.807) is 0 Å². The number of aliphatic hydroxyl groups excluding tert-OH is 1. The van der Waals surface area contributed by atoms with Crippen LogP contribution in [0.4, 0.5) is 0 Å². The first-order valence-electron chi connectivity index (χ1n) is 2.00. The predicted molar refractivity (Wildman–Crippen MR) is 21.3 cm³/mol. The third kappa shape index (κ3) is 4.59. The van der Waals surface area contributed by atoms with Gasteiger partial charge in [-0.05, 0) is 0 Å². The van der Waals surface area contributed by atoms with E-state index in [4.69, 9.17) is 5.11 Å². The van der Waals surface area contributed by atoms with E-state index in [0.29, 0.717) is 0 Å². The molecule has 0 aliphatic rings. The summed E-state index contributed by atoms with van der Waals surface area (Å²) in [7, 11) is 0. The van der Waals surface area contributed by atoms with Gasteiger partial charge in [-0.25, -0.2) is 0 Å². The van der Waals surface area contributed by atoms with Crippen molar-refractivity contribution in [1.82, 2.24) is 0 Å². The molecule has 0 fully saturated rings. The molecule has 1 N–H and O–H groups in total. The van der Waals surface area contributed by atoms with E-state index in [9.17, 15) is 9.90 Å². The fraction of sp³-hybridized carbons (Fsp3) is 0.750. The van der Waals surface area contributed by atoms with Gasteiger partial charge in [-0.15, -0.1) is 0 Å². The first-order valence-corrected chi connectivity index (χ1v) is 2.00. The molecule has 3 nitrogen and oxygen atoms in total. The fourth-order valence-corrected chi connectivity index (χ4v) is 0.0745. The van der Waals surface area contributed by atoms with Crippen LogP contribution in [-0.2, 0) is 4.79 Å². The Hall–Kier alpha value is 0.430. The molecule has 0 saturated carbocycles. The molecule has 4 heteroatoms. The van der Waals surface area contributed by atoms with Crippen LogP contribution in [0.3, 0.4) is 0 Å². The number of rotatable bonds is 2. The largest absolute Gasteiger partial charge is 1.00 e. The van der Waals surface area contributed by atoms with Gasteiger partial charge in [0, 0.05) is 11.9 Å². The number of carbonyl (C=O) groups excluding carboxylic acids is 1. The molecule has 0 amide bonds. The summed E-state index contributed by atoms with van der Waals surface area (Å²) in [6.45, 7) is 1.04. The molecule has 0 spiro atoms. The third-order valence-electron chi connectivity index (χ3n) is 0.676. The molecule has 0 saturated heterocycles. The summed E-state index contributed by atoms with van der Waals surface area (Å²) in [5, 5.41) is 17.7. The Morgan fingerprint density at radius 3 is 2.25 bits per heavy atom. The van der Waals surface area contributed by atoms with E-state index >= 15 is 0 Å². The van der Waals surface area contributed by atoms with E-state index < -0.39 is 11.9 Å². The predicted octanol–water partition coefficient (Wildman–Crippen LogP) is -4.63. The van der Waals surface area contributed by atoms with Gasteiger partial charge in [0.1, 0.15) is 0 Å². The van der Waals surface area contributed by atoms with Crippen molar-refractivity contribution in [2.24, 2.45) is 5.92 Å². The first-order chi connectivity index (χ1) is 3.18. The van der Waals surface area contributed by atoms with Gasteiger partial charge in [0.25, 0.3) is 0 Å². The van der Waals surface area contributed by atoms with Crippen molar-refractivity contribution in [2.75, 3.05) is 6.61 Å². The Morgan fingerprint density at radius 1 is 1.88 bits per heavy atom. The summed E-state index contributed by atoms with van der Waals surface area (Å²) in [5.74, 6) is -1.94. The number of carbonyl (C=O) groups is 1. The topological polar surface area (TPSA) is 60.4 Å². The molecule has 0 aliphatic heterocycles. The second kappa shape index (κ2) is 5.56. The van der Waals surface area contributed by atoms with Crippen LogP contribution < -0.4 is 34.7 Å². The average molecular weight is 126 g/mol. The van der Waals surface area contributed by atoms with Crippen LogP contribution in [-0.4, -0.2) is 17.7 Å². The SMILES string of the molecule is C[C@@H](CO)C(=O)[O-].[Na+]. The van der Waals surface area contributed by atoms with Crippen molar-refractivity contribution in [1.29, 1.82) is 0 Å². The van der Waals surface area contributed by atoms with Gasteiger partial charge in [-0.2, -0.15) is 0 Å². The number of aliphatic hydroxyl groups is 1. The van der Waals surface area contributed by atoms with Crippen LogP contribution in [0.2, 0.25) is 0 Å². The van der Waals surface area contributed by atoms with Crippen molar-refractivity contribution in [3.63, 3.8) is 0 Å². The smallest absolute Gasteiger partial charge is 0.550 e. The summed E-state index contributed by atoms with van der Waals surface area (Å²) in [6, 6.07) is 0. The zero-order chi connectivity index (χ0) is 5.86. The Morgan fingerprint density at radius 2 is 2.25 bits per heavy atom. The molecule has 8 heavy (non-hydrogen) atoms. The van der Waals surface area contributed by atoms with E-state index in [2.05, 4.69) is 0 Å². The van der Waals surface area contributed by atoms with Crippen molar-refractivity contribution in [3.05, 3.63) is 0 Å². The summed E-state index contributed by atoms with van der Waals surface area (Å²) < 4.78 is 0. The van der Waals surface area contributed by atoms with Crippen LogP contribution in [0, 0.1) is 5.92 Å². The molecule has 0 heterocycles. The molecule has 0 aromatic carbocycles. The monoisotopic (exact) mass is 126 g/mol. The minimum Gasteiger partial charge on any atom is -0.550 e. The quantitative estimate of drug-likeness (QED) is 0.378. The molecule has 0 aromatic heterocycles. The Bertz CT molecular complexity index is 73.7. The molecule has 0 rings (SSSR count). The minimum atomic E-state index is -1.21. The van der Waals surface area contributed by atoms with E-state index in [0.717, 1.165) is 0 Å². The summed E-state index contributed by atoms with van der Waals surface area (Å²) in [5.41, 5.74) is 0. The molecular weight excluding hydrogens is 119 g/mol. The van der Waals surface area contributed by atoms with Crippen molar-refractivity contribution in [2.45, 2.75) is 6.92 Å². The number of hydrogen-bond donors (Lipinski definition) is 1. The van der Waals surface area contributed by atoms with Gasteiger partial charge >= 0.3 is 29.6 Å². The van der Waals surface area contributed by atoms with Crippen LogP contribution in [0.15, 0.2) is 0 Å². The molecule has 42 valence electrons. The van der Waals surface area contributed by atoms with Crippen LogP contribution in [0.1, 0.15) is 6.92 Å². The summed E-state index contributed by atoms with van der Waals surface area (Å²) in [6.07, 6.45) is 0. The molecule has 0 bridgehead atoms. The maximum Gasteiger partial charge on any atom is 1.00 e. The standard InChI is InChI=1S/C4H8O3.Na/c1-3(2-5)4(6)7;/h3,5H,2H2,1H3,(H,6,7);/q;+1/p-1/t3-;/m0./s1. The van der Waals surface area contributed by atoms with Gasteiger partial charge in [0.15, 0.2) is 0 Å². The van der Waals surface area contributed by atoms with E-state index in [1.165, 1.54) is 6.92 Å². The second-order valence-corrected chi connectivity index (χ2v) is 1.40. The Kier molecular flexibility index (Phi) is 7.83. The van der Waals surface area contributed by atoms with Gasteiger partial charge in [-0.3, -0.25) is 0 Å². The zero-order valence-corrected chi connectivity index (χ0v) is 7.05. The van der Waals surface area contributed by atoms with Crippen LogP contribution >= 0.6 is 0 Å². The van der Waals surface area contributed by atoms with Gasteiger partial charge in [0.05, 0.1) is 6.61 Å². The van der Waals surface area contributed by atoms with Crippen molar-refractivity contribution >= 4 is 5.97 Å². The maximum absolute atomic E-state index is 9.66. The summed E-state index contributed by atoms with van der Waals surface area (Å²) in [4.78, 5) is 9.66. The molecule has 0 aliphatic carbocycles. The van der Waals surface area contributed by atoms with Gasteiger partial charge < -0.3 is 15.0 Å². The number of aliphatic carboxylic acids is 1. The van der Waals surface area contributed by atoms with Crippen molar-refractivity contribution < 1.29 is 44.6 Å². The fourth-order valence-electron chi connectivity index (χ4n) is 0.0745. The first kappa shape index (κ1) is 11.3. The number of carboxylic acid groups (broad SMARTS) is 1. The normalized spacial score (nSPS) is 11.8. The molecular formula is C4H7NaO3. The second-order valence-electron chi connectivity index (χ2n) is 1.40. The third-order valence-corrected chi connectivity index (χ3v) is 0.676. The molecule has 0 aromatic rings. The van der Waals surface area contributed by atoms with Crippen LogP contribution in [0.25, 0.3) is 0 Å². The van der Waals surface area contributed by atoms with Crippen LogP contribution in [0.5, 0.6) is 0 Å². The molecule has 0 unspecified atom stereocenters. The molecule has 1 atom stereocenters. The van der Waals surface area contributed by atoms with E-state index in [-0.39, 0.29) is 36.2 Å². The maximum atomic E-state index is 9.66. The van der Waals surface area contributed by atoms with E-state index in [1.807, 2.05) is 0 Å². The number of carboxylic acids is 1. The van der Waals surface area contributed by atoms with Gasteiger partial charge in [-0.1, -0.05) is 6.92 Å². The summed E-state index contributed by atoms with van der Waals surface area (Å²) >= 11 is 0. The zero-order valence-electron chi connectivity index (χ0n) is 5.05. The number of hydrogen-bond acceptors (Lipinski definition) is 3.